The molecule has 0 fully saturated rings. The highest BCUT2D eigenvalue weighted by Crippen LogP contribution is 2.26. The zero-order valence-corrected chi connectivity index (χ0v) is 18.4. The molecule has 0 saturated carbocycles. The molecule has 0 saturated heterocycles. The molecule has 3 rings (SSSR count). The van der Waals surface area contributed by atoms with Gasteiger partial charge in [0.2, 0.25) is 5.91 Å². The fourth-order valence-electron chi connectivity index (χ4n) is 2.79. The van der Waals surface area contributed by atoms with E-state index >= 15 is 0 Å². The van der Waals surface area contributed by atoms with Gasteiger partial charge in [-0.15, -0.1) is 0 Å². The number of carbonyl (C=O) groups is 2. The van der Waals surface area contributed by atoms with Crippen molar-refractivity contribution < 1.29 is 19.1 Å². The number of rotatable bonds is 8. The van der Waals surface area contributed by atoms with Gasteiger partial charge in [-0.2, -0.15) is 5.26 Å². The van der Waals surface area contributed by atoms with E-state index in [0.717, 1.165) is 11.3 Å². The van der Waals surface area contributed by atoms with Crippen LogP contribution < -0.4 is 10.1 Å². The topological polar surface area (TPSA) is 101 Å². The molecule has 0 atom stereocenters. The summed E-state index contributed by atoms with van der Waals surface area (Å²) in [5, 5.41) is 12.6. The summed E-state index contributed by atoms with van der Waals surface area (Å²) in [6, 6.07) is 19.5. The van der Waals surface area contributed by atoms with Gasteiger partial charge in [0.15, 0.2) is 0 Å². The van der Waals surface area contributed by atoms with Crippen LogP contribution in [0.5, 0.6) is 5.75 Å². The fourth-order valence-corrected chi connectivity index (χ4v) is 3.57. The van der Waals surface area contributed by atoms with E-state index in [2.05, 4.69) is 16.4 Å². The second kappa shape index (κ2) is 11.0. The Morgan fingerprint density at radius 1 is 1.06 bits per heavy atom. The molecule has 162 valence electrons. The summed E-state index contributed by atoms with van der Waals surface area (Å²) < 4.78 is 10.1. The monoisotopic (exact) mass is 447 g/mol. The number of hydrogen-bond acceptors (Lipinski definition) is 7. The number of pyridine rings is 1. The summed E-state index contributed by atoms with van der Waals surface area (Å²) in [5.41, 5.74) is 2.95. The third-order valence-electron chi connectivity index (χ3n) is 4.39. The smallest absolute Gasteiger partial charge is 0.338 e. The predicted molar refractivity (Wildman–Crippen MR) is 123 cm³/mol. The Labute approximate surface area is 190 Å². The van der Waals surface area contributed by atoms with E-state index in [1.807, 2.05) is 24.3 Å². The predicted octanol–water partition coefficient (Wildman–Crippen LogP) is 4.54. The van der Waals surface area contributed by atoms with E-state index < -0.39 is 5.97 Å². The second-order valence-corrected chi connectivity index (χ2v) is 7.49. The van der Waals surface area contributed by atoms with E-state index in [-0.39, 0.29) is 11.7 Å². The van der Waals surface area contributed by atoms with Gasteiger partial charge in [0.05, 0.1) is 36.3 Å². The first-order valence-corrected chi connectivity index (χ1v) is 10.8. The summed E-state index contributed by atoms with van der Waals surface area (Å²) in [4.78, 5) is 28.7. The number of hydrogen-bond donors (Lipinski definition) is 1. The lowest BCUT2D eigenvalue weighted by Crippen LogP contribution is -2.14. The quantitative estimate of drug-likeness (QED) is 0.400. The summed E-state index contributed by atoms with van der Waals surface area (Å²) in [5.74, 6) is 0.157. The molecular formula is C24H21N3O4S. The number of anilines is 1. The van der Waals surface area contributed by atoms with Gasteiger partial charge in [-0.05, 0) is 67.6 Å². The number of nitrogens with one attached hydrogen (secondary N) is 1. The lowest BCUT2D eigenvalue weighted by Gasteiger charge is -2.09. The Kier molecular flexibility index (Phi) is 7.84. The zero-order chi connectivity index (χ0) is 22.9. The van der Waals surface area contributed by atoms with Crippen molar-refractivity contribution in [3.63, 3.8) is 0 Å². The minimum atomic E-state index is -0.409. The van der Waals surface area contributed by atoms with Crippen LogP contribution in [-0.4, -0.2) is 36.3 Å². The molecule has 1 N–H and O–H groups in total. The van der Waals surface area contributed by atoms with E-state index in [9.17, 15) is 14.9 Å². The normalized spacial score (nSPS) is 10.2. The molecule has 7 nitrogen and oxygen atoms in total. The van der Waals surface area contributed by atoms with E-state index in [0.29, 0.717) is 34.1 Å². The first-order chi connectivity index (χ1) is 15.5. The average molecular weight is 448 g/mol. The molecule has 0 unspecified atom stereocenters. The van der Waals surface area contributed by atoms with Crippen LogP contribution in [0.15, 0.2) is 65.7 Å². The van der Waals surface area contributed by atoms with Crippen LogP contribution in [0, 0.1) is 11.3 Å². The summed E-state index contributed by atoms with van der Waals surface area (Å²) >= 11 is 1.19. The Hall–Kier alpha value is -3.83. The van der Waals surface area contributed by atoms with Gasteiger partial charge < -0.3 is 14.8 Å². The standard InChI is InChI=1S/C24H21N3O4S/c1-3-31-24(29)17-4-9-19(10-5-17)26-22(28)15-32-23-18(14-25)8-13-21(27-23)16-6-11-20(30-2)12-7-16/h4-13H,3,15H2,1-2H3,(H,26,28). The first kappa shape index (κ1) is 22.8. The zero-order valence-electron chi connectivity index (χ0n) is 17.6. The maximum absolute atomic E-state index is 12.4. The van der Waals surface area contributed by atoms with Crippen molar-refractivity contribution >= 4 is 29.3 Å². The minimum Gasteiger partial charge on any atom is -0.497 e. The van der Waals surface area contributed by atoms with Crippen molar-refractivity contribution in [1.29, 1.82) is 5.26 Å². The van der Waals surface area contributed by atoms with Crippen LogP contribution in [0.3, 0.4) is 0 Å². The van der Waals surface area contributed by atoms with Gasteiger partial charge in [-0.1, -0.05) is 11.8 Å². The lowest BCUT2D eigenvalue weighted by molar-refractivity contribution is -0.113. The van der Waals surface area contributed by atoms with Crippen LogP contribution in [0.1, 0.15) is 22.8 Å². The average Bonchev–Trinajstić information content (AvgIpc) is 2.83. The highest BCUT2D eigenvalue weighted by Gasteiger charge is 2.12. The first-order valence-electron chi connectivity index (χ1n) is 9.79. The van der Waals surface area contributed by atoms with Crippen molar-refractivity contribution in [3.05, 3.63) is 71.8 Å². The van der Waals surface area contributed by atoms with Crippen molar-refractivity contribution in [2.45, 2.75) is 11.9 Å². The van der Waals surface area contributed by atoms with Gasteiger partial charge in [-0.25, -0.2) is 9.78 Å². The van der Waals surface area contributed by atoms with E-state index in [4.69, 9.17) is 9.47 Å². The Morgan fingerprint density at radius 3 is 2.41 bits per heavy atom. The second-order valence-electron chi connectivity index (χ2n) is 6.52. The van der Waals surface area contributed by atoms with Crippen LogP contribution in [-0.2, 0) is 9.53 Å². The molecule has 32 heavy (non-hydrogen) atoms. The Morgan fingerprint density at radius 2 is 1.78 bits per heavy atom. The third-order valence-corrected chi connectivity index (χ3v) is 5.38. The highest BCUT2D eigenvalue weighted by atomic mass is 32.2. The molecule has 8 heteroatoms. The van der Waals surface area contributed by atoms with Gasteiger partial charge in [0, 0.05) is 11.3 Å². The summed E-state index contributed by atoms with van der Waals surface area (Å²) in [6.45, 7) is 2.04. The van der Waals surface area contributed by atoms with Crippen molar-refractivity contribution in [2.75, 3.05) is 24.8 Å². The number of nitrogens with zero attached hydrogens (tertiary/aromatic N) is 2. The molecule has 0 aliphatic heterocycles. The number of carbonyl (C=O) groups excluding carboxylic acids is 2. The van der Waals surface area contributed by atoms with Crippen molar-refractivity contribution in [3.8, 4) is 23.1 Å². The number of esters is 1. The molecule has 0 aliphatic rings. The largest absolute Gasteiger partial charge is 0.497 e. The van der Waals surface area contributed by atoms with Gasteiger partial charge >= 0.3 is 5.97 Å². The molecule has 0 aliphatic carbocycles. The van der Waals surface area contributed by atoms with Crippen molar-refractivity contribution in [1.82, 2.24) is 4.98 Å². The van der Waals surface area contributed by atoms with Gasteiger partial charge in [0.25, 0.3) is 0 Å². The number of aromatic nitrogens is 1. The summed E-state index contributed by atoms with van der Waals surface area (Å²) in [7, 11) is 1.60. The number of ether oxygens (including phenoxy) is 2. The number of amides is 1. The van der Waals surface area contributed by atoms with Crippen LogP contribution in [0.4, 0.5) is 5.69 Å². The van der Waals surface area contributed by atoms with Gasteiger partial charge in [0.1, 0.15) is 16.8 Å². The Bertz CT molecular complexity index is 1140. The van der Waals surface area contributed by atoms with Crippen LogP contribution >= 0.6 is 11.8 Å². The minimum absolute atomic E-state index is 0.0768. The van der Waals surface area contributed by atoms with Crippen LogP contribution in [0.2, 0.25) is 0 Å². The van der Waals surface area contributed by atoms with Gasteiger partial charge in [-0.3, -0.25) is 4.79 Å². The number of nitriles is 1. The fraction of sp³-hybridized carbons (Fsp3) is 0.167. The van der Waals surface area contributed by atoms with Crippen LogP contribution in [0.25, 0.3) is 11.3 Å². The maximum atomic E-state index is 12.4. The highest BCUT2D eigenvalue weighted by molar-refractivity contribution is 8.00. The van der Waals surface area contributed by atoms with E-state index in [1.165, 1.54) is 11.8 Å². The molecule has 1 amide bonds. The molecule has 0 spiro atoms. The van der Waals surface area contributed by atoms with E-state index in [1.54, 1.807) is 50.4 Å². The molecule has 3 aromatic rings. The summed E-state index contributed by atoms with van der Waals surface area (Å²) in [6.07, 6.45) is 0. The molecule has 0 radical (unpaired) electrons. The number of thioether (sulfide) groups is 1. The molecule has 2 aromatic carbocycles. The molecule has 1 aromatic heterocycles. The SMILES string of the molecule is CCOC(=O)c1ccc(NC(=O)CSc2nc(-c3ccc(OC)cc3)ccc2C#N)cc1. The molecule has 0 bridgehead atoms. The number of benzene rings is 2. The van der Waals surface area contributed by atoms with Crippen molar-refractivity contribution in [2.24, 2.45) is 0 Å². The molecule has 1 heterocycles. The third kappa shape index (κ3) is 5.86. The Balaban J connectivity index is 1.65. The number of methoxy groups -OCH3 is 1. The maximum Gasteiger partial charge on any atom is 0.338 e. The molecular weight excluding hydrogens is 426 g/mol. The lowest BCUT2D eigenvalue weighted by atomic mass is 10.1.